The minimum atomic E-state index is -0.991. The molecule has 1 N–H and O–H groups in total. The first-order chi connectivity index (χ1) is 11.4. The van der Waals surface area contributed by atoms with Crippen molar-refractivity contribution in [3.05, 3.63) is 71.8 Å². The van der Waals surface area contributed by atoms with Crippen LogP contribution >= 0.6 is 24.8 Å². The molecule has 5 heteroatoms. The molecule has 0 aromatic heterocycles. The van der Waals surface area contributed by atoms with Gasteiger partial charge in [0.15, 0.2) is 0 Å². The second-order valence-corrected chi connectivity index (χ2v) is 6.96. The summed E-state index contributed by atoms with van der Waals surface area (Å²) in [5, 5.41) is 11.7. The summed E-state index contributed by atoms with van der Waals surface area (Å²) >= 11 is 0. The van der Waals surface area contributed by atoms with Crippen molar-refractivity contribution in [2.75, 3.05) is 40.8 Å². The second-order valence-electron chi connectivity index (χ2n) is 6.96. The van der Waals surface area contributed by atoms with Crippen LogP contribution in [0.3, 0.4) is 0 Å². The van der Waals surface area contributed by atoms with Gasteiger partial charge >= 0.3 is 0 Å². The standard InChI is InChI=1S/C21H30N2O.2ClH/c1-18(17-23(4)16-15-22(2)3)21(24,19-11-7-5-8-12-19)20-13-9-6-10-14-20;;/h5-14,18,24H,15-17H2,1-4H3;2*1H. The van der Waals surface area contributed by atoms with E-state index in [1.54, 1.807) is 0 Å². The van der Waals surface area contributed by atoms with Crippen LogP contribution in [-0.2, 0) is 5.60 Å². The zero-order valence-electron chi connectivity index (χ0n) is 16.1. The number of hydrogen-bond acceptors (Lipinski definition) is 3. The molecule has 2 aromatic carbocycles. The van der Waals surface area contributed by atoms with Crippen LogP contribution in [0.25, 0.3) is 0 Å². The Morgan fingerprint density at radius 2 is 1.23 bits per heavy atom. The van der Waals surface area contributed by atoms with E-state index < -0.39 is 5.60 Å². The molecule has 0 saturated carbocycles. The van der Waals surface area contributed by atoms with E-state index in [4.69, 9.17) is 0 Å². The molecule has 146 valence electrons. The second kappa shape index (κ2) is 11.6. The maximum atomic E-state index is 11.7. The van der Waals surface area contributed by atoms with Gasteiger partial charge < -0.3 is 14.9 Å². The molecule has 2 rings (SSSR count). The van der Waals surface area contributed by atoms with Gasteiger partial charge in [-0.05, 0) is 32.3 Å². The van der Waals surface area contributed by atoms with Crippen LogP contribution in [-0.4, -0.2) is 55.7 Å². The highest BCUT2D eigenvalue weighted by molar-refractivity contribution is 5.85. The quantitative estimate of drug-likeness (QED) is 0.730. The van der Waals surface area contributed by atoms with Crippen LogP contribution in [0.2, 0.25) is 0 Å². The SMILES string of the molecule is CC(CN(C)CCN(C)C)C(O)(c1ccccc1)c1ccccc1.Cl.Cl. The zero-order chi connectivity index (χ0) is 17.6. The Morgan fingerprint density at radius 1 is 0.808 bits per heavy atom. The van der Waals surface area contributed by atoms with E-state index in [1.165, 1.54) is 0 Å². The molecule has 0 amide bonds. The highest BCUT2D eigenvalue weighted by atomic mass is 35.5. The molecule has 0 aliphatic carbocycles. The van der Waals surface area contributed by atoms with E-state index in [-0.39, 0.29) is 30.7 Å². The molecule has 0 spiro atoms. The molecule has 1 unspecified atom stereocenters. The van der Waals surface area contributed by atoms with E-state index >= 15 is 0 Å². The van der Waals surface area contributed by atoms with Crippen molar-refractivity contribution >= 4 is 24.8 Å². The fourth-order valence-corrected chi connectivity index (χ4v) is 3.18. The van der Waals surface area contributed by atoms with Gasteiger partial charge in [0.25, 0.3) is 0 Å². The summed E-state index contributed by atoms with van der Waals surface area (Å²) in [6, 6.07) is 20.0. The first-order valence-corrected chi connectivity index (χ1v) is 8.61. The van der Waals surface area contributed by atoms with Crippen LogP contribution in [0.4, 0.5) is 0 Å². The van der Waals surface area contributed by atoms with E-state index in [2.05, 4.69) is 37.9 Å². The predicted molar refractivity (Wildman–Crippen MR) is 116 cm³/mol. The van der Waals surface area contributed by atoms with Gasteiger partial charge in [-0.25, -0.2) is 0 Å². The molecule has 1 atom stereocenters. The van der Waals surface area contributed by atoms with E-state index in [0.717, 1.165) is 30.8 Å². The first-order valence-electron chi connectivity index (χ1n) is 8.61. The van der Waals surface area contributed by atoms with Gasteiger partial charge in [0.05, 0.1) is 0 Å². The molecule has 0 radical (unpaired) electrons. The summed E-state index contributed by atoms with van der Waals surface area (Å²) in [5.41, 5.74) is 0.906. The molecule has 26 heavy (non-hydrogen) atoms. The van der Waals surface area contributed by atoms with Crippen molar-refractivity contribution in [2.24, 2.45) is 5.92 Å². The largest absolute Gasteiger partial charge is 0.380 e. The molecular weight excluding hydrogens is 367 g/mol. The molecule has 0 saturated heterocycles. The molecular formula is C21H32Cl2N2O. The summed E-state index contributed by atoms with van der Waals surface area (Å²) in [6.07, 6.45) is 0. The van der Waals surface area contributed by atoms with Crippen LogP contribution in [0, 0.1) is 5.92 Å². The minimum Gasteiger partial charge on any atom is -0.380 e. The lowest BCUT2D eigenvalue weighted by molar-refractivity contribution is 0.0102. The summed E-state index contributed by atoms with van der Waals surface area (Å²) < 4.78 is 0. The number of halogens is 2. The van der Waals surface area contributed by atoms with Crippen LogP contribution in [0.1, 0.15) is 18.1 Å². The minimum absolute atomic E-state index is 0. The van der Waals surface area contributed by atoms with Crippen LogP contribution < -0.4 is 0 Å². The Balaban J connectivity index is 0.00000312. The van der Waals surface area contributed by atoms with Gasteiger partial charge in [0.2, 0.25) is 0 Å². The van der Waals surface area contributed by atoms with E-state index in [9.17, 15) is 5.11 Å². The summed E-state index contributed by atoms with van der Waals surface area (Å²) in [5.74, 6) is 0.0643. The van der Waals surface area contributed by atoms with Gasteiger partial charge in [0.1, 0.15) is 5.60 Å². The smallest absolute Gasteiger partial charge is 0.118 e. The average molecular weight is 399 g/mol. The lowest BCUT2D eigenvalue weighted by atomic mass is 9.76. The van der Waals surface area contributed by atoms with Crippen molar-refractivity contribution < 1.29 is 5.11 Å². The Bertz CT molecular complexity index is 568. The topological polar surface area (TPSA) is 26.7 Å². The van der Waals surface area contributed by atoms with Crippen molar-refractivity contribution in [1.82, 2.24) is 9.80 Å². The summed E-state index contributed by atoms with van der Waals surface area (Å²) in [6.45, 7) is 4.95. The zero-order valence-corrected chi connectivity index (χ0v) is 17.8. The Labute approximate surface area is 170 Å². The molecule has 3 nitrogen and oxygen atoms in total. The number of nitrogens with zero attached hydrogens (tertiary/aromatic N) is 2. The lowest BCUT2D eigenvalue weighted by Crippen LogP contribution is -2.42. The summed E-state index contributed by atoms with van der Waals surface area (Å²) in [7, 11) is 6.29. The van der Waals surface area contributed by atoms with Gasteiger partial charge in [-0.1, -0.05) is 67.6 Å². The third kappa shape index (κ3) is 6.26. The Kier molecular flexibility index (Phi) is 11.1. The number of likely N-dealkylation sites (N-methyl/N-ethyl adjacent to an activating group) is 2. The Morgan fingerprint density at radius 3 is 1.62 bits per heavy atom. The Hall–Kier alpha value is -1.10. The van der Waals surface area contributed by atoms with Gasteiger partial charge in [-0.2, -0.15) is 0 Å². The van der Waals surface area contributed by atoms with Crippen molar-refractivity contribution in [3.8, 4) is 0 Å². The predicted octanol–water partition coefficient (Wildman–Crippen LogP) is 3.90. The molecule has 0 aliphatic rings. The van der Waals surface area contributed by atoms with Crippen molar-refractivity contribution in [2.45, 2.75) is 12.5 Å². The monoisotopic (exact) mass is 398 g/mol. The van der Waals surface area contributed by atoms with Gasteiger partial charge in [-0.15, -0.1) is 24.8 Å². The maximum Gasteiger partial charge on any atom is 0.118 e. The third-order valence-electron chi connectivity index (χ3n) is 4.66. The highest BCUT2D eigenvalue weighted by Gasteiger charge is 2.37. The number of aliphatic hydroxyl groups is 1. The van der Waals surface area contributed by atoms with Crippen molar-refractivity contribution in [3.63, 3.8) is 0 Å². The molecule has 0 heterocycles. The average Bonchev–Trinajstić information content (AvgIpc) is 2.60. The van der Waals surface area contributed by atoms with E-state index in [0.29, 0.717) is 0 Å². The van der Waals surface area contributed by atoms with Crippen LogP contribution in [0.15, 0.2) is 60.7 Å². The molecule has 0 bridgehead atoms. The number of rotatable bonds is 8. The van der Waals surface area contributed by atoms with Gasteiger partial charge in [-0.3, -0.25) is 0 Å². The number of hydrogen-bond donors (Lipinski definition) is 1. The third-order valence-corrected chi connectivity index (χ3v) is 4.66. The normalized spacial score (nSPS) is 12.4. The maximum absolute atomic E-state index is 11.7. The first kappa shape index (κ1) is 24.9. The van der Waals surface area contributed by atoms with Crippen LogP contribution in [0.5, 0.6) is 0 Å². The van der Waals surface area contributed by atoms with E-state index in [1.807, 2.05) is 60.7 Å². The summed E-state index contributed by atoms with van der Waals surface area (Å²) in [4.78, 5) is 4.48. The highest BCUT2D eigenvalue weighted by Crippen LogP contribution is 2.37. The van der Waals surface area contributed by atoms with Gasteiger partial charge in [0, 0.05) is 25.6 Å². The molecule has 2 aromatic rings. The fraction of sp³-hybridized carbons (Fsp3) is 0.429. The molecule has 0 fully saturated rings. The number of benzene rings is 2. The fourth-order valence-electron chi connectivity index (χ4n) is 3.18. The van der Waals surface area contributed by atoms with Crippen molar-refractivity contribution in [1.29, 1.82) is 0 Å². The lowest BCUT2D eigenvalue weighted by Gasteiger charge is -2.37. The molecule has 0 aliphatic heterocycles.